The lowest BCUT2D eigenvalue weighted by molar-refractivity contribution is -0.138. The molecule has 1 aromatic rings. The van der Waals surface area contributed by atoms with Gasteiger partial charge in [0, 0.05) is 5.38 Å². The minimum atomic E-state index is -4.20. The molecule has 0 N–H and O–H groups in total. The van der Waals surface area contributed by atoms with Crippen molar-refractivity contribution in [1.29, 1.82) is 0 Å². The van der Waals surface area contributed by atoms with Crippen LogP contribution in [0.4, 0.5) is 13.2 Å². The zero-order valence-electron chi connectivity index (χ0n) is 9.05. The molecule has 16 heavy (non-hydrogen) atoms. The van der Waals surface area contributed by atoms with Gasteiger partial charge in [0.15, 0.2) is 0 Å². The first-order valence-electron chi connectivity index (χ1n) is 5.30. The Hall–Kier alpha value is -0.550. The van der Waals surface area contributed by atoms with Gasteiger partial charge in [0.25, 0.3) is 0 Å². The first kappa shape index (κ1) is 11.9. The molecule has 1 saturated heterocycles. The van der Waals surface area contributed by atoms with Gasteiger partial charge in [-0.1, -0.05) is 0 Å². The lowest BCUT2D eigenvalue weighted by Crippen LogP contribution is -2.29. The number of hydrogen-bond donors (Lipinski definition) is 0. The highest BCUT2D eigenvalue weighted by Gasteiger charge is 2.36. The smallest absolute Gasteiger partial charge is 0.306 e. The highest BCUT2D eigenvalue weighted by molar-refractivity contribution is 7.08. The van der Waals surface area contributed by atoms with Gasteiger partial charge in [0.2, 0.25) is 0 Å². The van der Waals surface area contributed by atoms with Gasteiger partial charge in [0.05, 0.1) is 5.56 Å². The Balaban J connectivity index is 2.18. The van der Waals surface area contributed by atoms with E-state index >= 15 is 0 Å². The molecule has 0 aliphatic carbocycles. The number of piperidine rings is 1. The van der Waals surface area contributed by atoms with Crippen LogP contribution in [0, 0.1) is 0 Å². The molecule has 90 valence electrons. The second-order valence-corrected chi connectivity index (χ2v) is 5.06. The number of nitrogens with zero attached hydrogens (tertiary/aromatic N) is 1. The lowest BCUT2D eigenvalue weighted by Gasteiger charge is -2.29. The first-order valence-corrected chi connectivity index (χ1v) is 6.24. The van der Waals surface area contributed by atoms with E-state index in [1.807, 2.05) is 7.05 Å². The standard InChI is InChI=1S/C11H14F3NS/c1-15-4-2-8(3-5-15)9-6-16-7-10(9)11(12,13)14/h6-8H,2-5H2,1H3. The summed E-state index contributed by atoms with van der Waals surface area (Å²) in [5, 5.41) is 2.90. The van der Waals surface area contributed by atoms with Gasteiger partial charge >= 0.3 is 6.18 Å². The largest absolute Gasteiger partial charge is 0.417 e. The minimum Gasteiger partial charge on any atom is -0.306 e. The topological polar surface area (TPSA) is 3.24 Å². The van der Waals surface area contributed by atoms with Crippen LogP contribution in [0.15, 0.2) is 10.8 Å². The predicted molar refractivity (Wildman–Crippen MR) is 58.8 cm³/mol. The van der Waals surface area contributed by atoms with Crippen molar-refractivity contribution in [2.45, 2.75) is 24.9 Å². The summed E-state index contributed by atoms with van der Waals surface area (Å²) in [7, 11) is 2.01. The van der Waals surface area contributed by atoms with E-state index in [0.29, 0.717) is 5.56 Å². The lowest BCUT2D eigenvalue weighted by atomic mass is 9.89. The number of halogens is 3. The Morgan fingerprint density at radius 2 is 1.88 bits per heavy atom. The molecule has 1 aliphatic heterocycles. The van der Waals surface area contributed by atoms with E-state index in [2.05, 4.69) is 4.90 Å². The van der Waals surface area contributed by atoms with Crippen LogP contribution in [-0.4, -0.2) is 25.0 Å². The molecular formula is C11H14F3NS. The number of rotatable bonds is 1. The van der Waals surface area contributed by atoms with Crippen molar-refractivity contribution < 1.29 is 13.2 Å². The molecule has 0 saturated carbocycles. The van der Waals surface area contributed by atoms with E-state index < -0.39 is 11.7 Å². The van der Waals surface area contributed by atoms with E-state index in [-0.39, 0.29) is 5.92 Å². The van der Waals surface area contributed by atoms with Gasteiger partial charge in [-0.2, -0.15) is 24.5 Å². The van der Waals surface area contributed by atoms with Crippen LogP contribution in [0.25, 0.3) is 0 Å². The zero-order valence-corrected chi connectivity index (χ0v) is 9.87. The Morgan fingerprint density at radius 1 is 1.25 bits per heavy atom. The molecule has 2 rings (SSSR count). The van der Waals surface area contributed by atoms with Crippen LogP contribution in [0.3, 0.4) is 0 Å². The Labute approximate surface area is 96.9 Å². The van der Waals surface area contributed by atoms with Gasteiger partial charge < -0.3 is 4.90 Å². The van der Waals surface area contributed by atoms with Crippen molar-refractivity contribution in [2.24, 2.45) is 0 Å². The maximum Gasteiger partial charge on any atom is 0.417 e. The number of likely N-dealkylation sites (tertiary alicyclic amines) is 1. The Morgan fingerprint density at radius 3 is 2.44 bits per heavy atom. The van der Waals surface area contributed by atoms with Gasteiger partial charge in [-0.25, -0.2) is 0 Å². The van der Waals surface area contributed by atoms with Crippen molar-refractivity contribution in [3.05, 3.63) is 21.9 Å². The SMILES string of the molecule is CN1CCC(c2cscc2C(F)(F)F)CC1. The van der Waals surface area contributed by atoms with Crippen LogP contribution < -0.4 is 0 Å². The number of thiophene rings is 1. The fraction of sp³-hybridized carbons (Fsp3) is 0.636. The molecule has 0 aromatic carbocycles. The van der Waals surface area contributed by atoms with Gasteiger partial charge in [-0.15, -0.1) is 0 Å². The normalized spacial score (nSPS) is 20.2. The summed E-state index contributed by atoms with van der Waals surface area (Å²) in [5.74, 6) is 0.0825. The van der Waals surface area contributed by atoms with Crippen LogP contribution >= 0.6 is 11.3 Å². The van der Waals surface area contributed by atoms with Crippen molar-refractivity contribution in [1.82, 2.24) is 4.90 Å². The fourth-order valence-electron chi connectivity index (χ4n) is 2.17. The van der Waals surface area contributed by atoms with Crippen LogP contribution in [0.5, 0.6) is 0 Å². The molecular weight excluding hydrogens is 235 g/mol. The highest BCUT2D eigenvalue weighted by atomic mass is 32.1. The van der Waals surface area contributed by atoms with E-state index in [9.17, 15) is 13.2 Å². The van der Waals surface area contributed by atoms with Crippen LogP contribution in [-0.2, 0) is 6.18 Å². The second-order valence-electron chi connectivity index (χ2n) is 4.32. The summed E-state index contributed by atoms with van der Waals surface area (Å²) < 4.78 is 38.1. The number of hydrogen-bond acceptors (Lipinski definition) is 2. The Bertz CT molecular complexity index is 350. The molecule has 0 atom stereocenters. The molecule has 1 aliphatic rings. The third kappa shape index (κ3) is 2.40. The molecule has 0 bridgehead atoms. The summed E-state index contributed by atoms with van der Waals surface area (Å²) in [6.07, 6.45) is -2.54. The minimum absolute atomic E-state index is 0.0825. The monoisotopic (exact) mass is 249 g/mol. The van der Waals surface area contributed by atoms with E-state index in [4.69, 9.17) is 0 Å². The molecule has 1 aromatic heterocycles. The summed E-state index contributed by atoms with van der Waals surface area (Å²) in [6.45, 7) is 1.77. The van der Waals surface area contributed by atoms with Crippen molar-refractivity contribution in [3.63, 3.8) is 0 Å². The summed E-state index contributed by atoms with van der Waals surface area (Å²) in [5.41, 5.74) is 0.0812. The van der Waals surface area contributed by atoms with Crippen LogP contribution in [0.2, 0.25) is 0 Å². The predicted octanol–water partition coefficient (Wildman–Crippen LogP) is 3.58. The molecule has 1 fully saturated rings. The van der Waals surface area contributed by atoms with Gasteiger partial charge in [-0.3, -0.25) is 0 Å². The van der Waals surface area contributed by atoms with Gasteiger partial charge in [-0.05, 0) is 49.8 Å². The third-order valence-corrected chi connectivity index (χ3v) is 3.92. The maximum absolute atomic E-state index is 12.7. The van der Waals surface area contributed by atoms with Crippen molar-refractivity contribution >= 4 is 11.3 Å². The quantitative estimate of drug-likeness (QED) is 0.735. The summed E-state index contributed by atoms with van der Waals surface area (Å²) in [6, 6.07) is 0. The average Bonchev–Trinajstić information content (AvgIpc) is 2.66. The molecule has 1 nitrogen and oxygen atoms in total. The molecule has 2 heterocycles. The van der Waals surface area contributed by atoms with E-state index in [1.165, 1.54) is 5.38 Å². The molecule has 0 radical (unpaired) electrons. The third-order valence-electron chi connectivity index (χ3n) is 3.16. The second kappa shape index (κ2) is 4.37. The van der Waals surface area contributed by atoms with Gasteiger partial charge in [0.1, 0.15) is 0 Å². The Kier molecular flexibility index (Phi) is 3.26. The molecule has 0 amide bonds. The highest BCUT2D eigenvalue weighted by Crippen LogP contribution is 2.40. The van der Waals surface area contributed by atoms with E-state index in [1.54, 1.807) is 5.38 Å². The average molecular weight is 249 g/mol. The van der Waals surface area contributed by atoms with E-state index in [0.717, 1.165) is 37.3 Å². The molecule has 5 heteroatoms. The van der Waals surface area contributed by atoms with Crippen molar-refractivity contribution in [2.75, 3.05) is 20.1 Å². The molecule has 0 unspecified atom stereocenters. The summed E-state index contributed by atoms with van der Waals surface area (Å²) in [4.78, 5) is 2.16. The van der Waals surface area contributed by atoms with Crippen LogP contribution in [0.1, 0.15) is 29.9 Å². The number of alkyl halides is 3. The summed E-state index contributed by atoms with van der Waals surface area (Å²) >= 11 is 1.15. The maximum atomic E-state index is 12.7. The fourth-order valence-corrected chi connectivity index (χ4v) is 3.11. The molecule has 0 spiro atoms. The first-order chi connectivity index (χ1) is 7.48. The van der Waals surface area contributed by atoms with Crippen molar-refractivity contribution in [3.8, 4) is 0 Å². The zero-order chi connectivity index (χ0) is 11.8.